The van der Waals surface area contributed by atoms with Gasteiger partial charge in [0.15, 0.2) is 0 Å². The highest BCUT2D eigenvalue weighted by Crippen LogP contribution is 2.33. The largest absolute Gasteiger partial charge is 0.407 e. The molecule has 4 rings (SSSR count). The fourth-order valence-corrected chi connectivity index (χ4v) is 4.23. The van der Waals surface area contributed by atoms with E-state index in [1.807, 2.05) is 45.0 Å². The molecule has 0 aliphatic heterocycles. The molecule has 0 saturated heterocycles. The van der Waals surface area contributed by atoms with Crippen LogP contribution >= 0.6 is 0 Å². The number of anilines is 2. The van der Waals surface area contributed by atoms with Crippen molar-refractivity contribution in [2.24, 2.45) is 7.05 Å². The molecule has 0 aliphatic carbocycles. The molecule has 1 aromatic carbocycles. The standard InChI is InChI=1S/C26H26N6O2/c1-15(2)32-21(16(3)30-25-24(28-4)20(27)11-12-29-25)13-17-7-6-8-19(23(17)26(32)34)18-9-10-22(33)31(5)14-18/h6-16H,1-3,5H3,(H3,27,29,30). The Morgan fingerprint density at radius 3 is 2.56 bits per heavy atom. The minimum atomic E-state index is -0.324. The van der Waals surface area contributed by atoms with Crippen LogP contribution in [0.2, 0.25) is 0 Å². The number of aromatic nitrogens is 3. The number of nitrogen functional groups attached to an aromatic ring is 1. The maximum Gasteiger partial charge on any atom is 0.259 e. The number of rotatable bonds is 5. The van der Waals surface area contributed by atoms with Gasteiger partial charge in [0.25, 0.3) is 5.56 Å². The zero-order valence-electron chi connectivity index (χ0n) is 19.5. The number of hydrogen-bond donors (Lipinski definition) is 2. The minimum absolute atomic E-state index is 0.111. The van der Waals surface area contributed by atoms with E-state index in [0.717, 1.165) is 22.2 Å². The van der Waals surface area contributed by atoms with Crippen molar-refractivity contribution in [1.29, 1.82) is 0 Å². The lowest BCUT2D eigenvalue weighted by molar-refractivity contribution is 0.541. The van der Waals surface area contributed by atoms with Crippen molar-refractivity contribution in [3.05, 3.63) is 92.7 Å². The minimum Gasteiger partial charge on any atom is -0.407 e. The van der Waals surface area contributed by atoms with E-state index in [9.17, 15) is 9.59 Å². The highest BCUT2D eigenvalue weighted by molar-refractivity contribution is 5.96. The summed E-state index contributed by atoms with van der Waals surface area (Å²) >= 11 is 0. The topological polar surface area (TPSA) is 99.3 Å². The van der Waals surface area contributed by atoms with Crippen LogP contribution in [0.4, 0.5) is 17.2 Å². The third-order valence-electron chi connectivity index (χ3n) is 5.89. The fourth-order valence-electron chi connectivity index (χ4n) is 4.23. The summed E-state index contributed by atoms with van der Waals surface area (Å²) in [5, 5.41) is 4.65. The molecule has 1 unspecified atom stereocenters. The number of aryl methyl sites for hydroxylation is 1. The summed E-state index contributed by atoms with van der Waals surface area (Å²) < 4.78 is 3.26. The van der Waals surface area contributed by atoms with Crippen LogP contribution in [0.15, 0.2) is 64.4 Å². The third-order valence-corrected chi connectivity index (χ3v) is 5.89. The van der Waals surface area contributed by atoms with Gasteiger partial charge in [-0.2, -0.15) is 0 Å². The third kappa shape index (κ3) is 3.92. The summed E-state index contributed by atoms with van der Waals surface area (Å²) in [7, 11) is 1.69. The van der Waals surface area contributed by atoms with Crippen molar-refractivity contribution in [2.75, 3.05) is 11.1 Å². The molecular formula is C26H26N6O2. The van der Waals surface area contributed by atoms with Crippen molar-refractivity contribution < 1.29 is 0 Å². The van der Waals surface area contributed by atoms with Gasteiger partial charge >= 0.3 is 0 Å². The Morgan fingerprint density at radius 2 is 1.88 bits per heavy atom. The van der Waals surface area contributed by atoms with Crippen molar-refractivity contribution in [3.63, 3.8) is 0 Å². The van der Waals surface area contributed by atoms with Crippen LogP contribution < -0.4 is 22.2 Å². The molecule has 8 nitrogen and oxygen atoms in total. The second-order valence-electron chi connectivity index (χ2n) is 8.55. The highest BCUT2D eigenvalue weighted by atomic mass is 16.1. The maximum absolute atomic E-state index is 13.9. The second-order valence-corrected chi connectivity index (χ2v) is 8.55. The van der Waals surface area contributed by atoms with Crippen LogP contribution in [0, 0.1) is 6.57 Å². The summed E-state index contributed by atoms with van der Waals surface area (Å²) in [6.07, 6.45) is 3.29. The van der Waals surface area contributed by atoms with Gasteiger partial charge in [-0.05, 0) is 55.5 Å². The number of nitrogens with one attached hydrogen (secondary N) is 1. The Kier molecular flexibility index (Phi) is 5.95. The van der Waals surface area contributed by atoms with Crippen molar-refractivity contribution in [2.45, 2.75) is 32.9 Å². The monoisotopic (exact) mass is 454 g/mol. The summed E-state index contributed by atoms with van der Waals surface area (Å²) in [5.74, 6) is 0.379. The first-order valence-electron chi connectivity index (χ1n) is 11.0. The molecule has 0 fully saturated rings. The van der Waals surface area contributed by atoms with Gasteiger partial charge in [-0.15, -0.1) is 0 Å². The van der Waals surface area contributed by atoms with Crippen LogP contribution in [-0.2, 0) is 7.05 Å². The number of benzene rings is 1. The lowest BCUT2D eigenvalue weighted by Gasteiger charge is -2.24. The van der Waals surface area contributed by atoms with Crippen LogP contribution in [-0.4, -0.2) is 14.1 Å². The summed E-state index contributed by atoms with van der Waals surface area (Å²) in [6, 6.07) is 12.1. The van der Waals surface area contributed by atoms with E-state index in [4.69, 9.17) is 12.3 Å². The van der Waals surface area contributed by atoms with Gasteiger partial charge in [0.2, 0.25) is 11.2 Å². The quantitative estimate of drug-likeness (QED) is 0.428. The van der Waals surface area contributed by atoms with E-state index < -0.39 is 0 Å². The van der Waals surface area contributed by atoms with Gasteiger partial charge < -0.3 is 20.2 Å². The molecule has 8 heteroatoms. The highest BCUT2D eigenvalue weighted by Gasteiger charge is 2.20. The molecule has 3 aromatic heterocycles. The average molecular weight is 455 g/mol. The molecule has 0 saturated carbocycles. The first-order valence-corrected chi connectivity index (χ1v) is 11.0. The summed E-state index contributed by atoms with van der Waals surface area (Å²) in [6.45, 7) is 13.3. The Labute approximate surface area is 197 Å². The Hall–Kier alpha value is -4.38. The molecule has 34 heavy (non-hydrogen) atoms. The molecule has 172 valence electrons. The van der Waals surface area contributed by atoms with E-state index in [1.165, 1.54) is 10.6 Å². The predicted molar refractivity (Wildman–Crippen MR) is 136 cm³/mol. The zero-order chi connectivity index (χ0) is 24.6. The van der Waals surface area contributed by atoms with Crippen LogP contribution in [0.1, 0.15) is 38.5 Å². The number of fused-ring (bicyclic) bond motifs is 1. The maximum atomic E-state index is 13.9. The van der Waals surface area contributed by atoms with E-state index in [1.54, 1.807) is 36.1 Å². The second kappa shape index (κ2) is 8.87. The molecule has 0 bridgehead atoms. The van der Waals surface area contributed by atoms with E-state index in [0.29, 0.717) is 16.9 Å². The Balaban J connectivity index is 1.91. The number of nitrogens with two attached hydrogens (primary N) is 1. The first-order chi connectivity index (χ1) is 16.2. The molecule has 0 spiro atoms. The van der Waals surface area contributed by atoms with Gasteiger partial charge in [-0.3, -0.25) is 14.6 Å². The van der Waals surface area contributed by atoms with Crippen LogP contribution in [0.25, 0.3) is 26.7 Å². The first kappa shape index (κ1) is 22.8. The van der Waals surface area contributed by atoms with E-state index in [-0.39, 0.29) is 28.9 Å². The van der Waals surface area contributed by atoms with Crippen molar-refractivity contribution >= 4 is 28.0 Å². The predicted octanol–water partition coefficient (Wildman–Crippen LogP) is 4.65. The molecule has 0 aliphatic rings. The van der Waals surface area contributed by atoms with E-state index in [2.05, 4.69) is 15.1 Å². The number of pyridine rings is 3. The van der Waals surface area contributed by atoms with Crippen LogP contribution in [0.5, 0.6) is 0 Å². The lowest BCUT2D eigenvalue weighted by Crippen LogP contribution is -2.28. The lowest BCUT2D eigenvalue weighted by atomic mass is 9.98. The Bertz CT molecular complexity index is 1560. The Morgan fingerprint density at radius 1 is 1.12 bits per heavy atom. The molecular weight excluding hydrogens is 428 g/mol. The summed E-state index contributed by atoms with van der Waals surface area (Å²) in [4.78, 5) is 33.5. The van der Waals surface area contributed by atoms with Crippen molar-refractivity contribution in [1.82, 2.24) is 14.1 Å². The van der Waals surface area contributed by atoms with Gasteiger partial charge in [-0.25, -0.2) is 4.85 Å². The molecule has 0 amide bonds. The van der Waals surface area contributed by atoms with Crippen molar-refractivity contribution in [3.8, 4) is 11.1 Å². The van der Waals surface area contributed by atoms with Gasteiger partial charge in [0.1, 0.15) is 5.82 Å². The molecule has 3 N–H and O–H groups in total. The normalized spacial score (nSPS) is 12.0. The molecule has 4 aromatic rings. The SMILES string of the molecule is [C-]#[N+]c1c(N)ccnc1NC(C)c1cc2cccc(-c3ccc(=O)n(C)c3)c2c(=O)n1C(C)C. The van der Waals surface area contributed by atoms with Crippen LogP contribution in [0.3, 0.4) is 0 Å². The fraction of sp³-hybridized carbons (Fsp3) is 0.231. The van der Waals surface area contributed by atoms with Gasteiger partial charge in [0, 0.05) is 42.9 Å². The van der Waals surface area contributed by atoms with E-state index >= 15 is 0 Å². The van der Waals surface area contributed by atoms with Gasteiger partial charge in [-0.1, -0.05) is 18.2 Å². The van der Waals surface area contributed by atoms with Gasteiger partial charge in [0.05, 0.1) is 18.0 Å². The molecule has 3 heterocycles. The smallest absolute Gasteiger partial charge is 0.259 e. The zero-order valence-corrected chi connectivity index (χ0v) is 19.5. The number of hydrogen-bond acceptors (Lipinski definition) is 5. The summed E-state index contributed by atoms with van der Waals surface area (Å²) in [5.41, 5.74) is 8.65. The number of nitrogens with zero attached hydrogens (tertiary/aromatic N) is 4. The molecule has 0 radical (unpaired) electrons. The average Bonchev–Trinajstić information content (AvgIpc) is 2.80. The molecule has 1 atom stereocenters.